The molecule has 0 aliphatic carbocycles. The van der Waals surface area contributed by atoms with Crippen molar-refractivity contribution in [3.05, 3.63) is 138 Å². The van der Waals surface area contributed by atoms with Gasteiger partial charge in [0.15, 0.2) is 11.5 Å². The van der Waals surface area contributed by atoms with Gasteiger partial charge in [-0.1, -0.05) is 30.2 Å². The van der Waals surface area contributed by atoms with Crippen molar-refractivity contribution in [2.24, 2.45) is 0 Å². The Morgan fingerprint density at radius 3 is 2.36 bits per heavy atom. The van der Waals surface area contributed by atoms with Crippen LogP contribution in [-0.4, -0.2) is 88.1 Å². The highest BCUT2D eigenvalue weighted by atomic mass is 35.5. The number of halogens is 2. The van der Waals surface area contributed by atoms with Crippen LogP contribution in [0, 0.1) is 18.2 Å². The van der Waals surface area contributed by atoms with Gasteiger partial charge in [-0.3, -0.25) is 9.78 Å². The molecule has 4 aromatic carbocycles. The number of benzene rings is 4. The van der Waals surface area contributed by atoms with Gasteiger partial charge in [0.2, 0.25) is 0 Å². The number of hydrogen-bond donors (Lipinski definition) is 2. The number of carbonyl (C=O) groups is 1. The second kappa shape index (κ2) is 20.6. The van der Waals surface area contributed by atoms with E-state index >= 15 is 0 Å². The van der Waals surface area contributed by atoms with Gasteiger partial charge in [0, 0.05) is 67.5 Å². The van der Waals surface area contributed by atoms with Crippen molar-refractivity contribution in [3.63, 3.8) is 0 Å². The van der Waals surface area contributed by atoms with Crippen LogP contribution in [0.3, 0.4) is 0 Å². The van der Waals surface area contributed by atoms with Gasteiger partial charge in [-0.25, -0.2) is 28.8 Å². The summed E-state index contributed by atoms with van der Waals surface area (Å²) in [5, 5.41) is 12.2. The highest BCUT2D eigenvalue weighted by Crippen LogP contribution is 2.35. The molecule has 14 nitrogen and oxygen atoms in total. The monoisotopic (exact) mass is 841 g/mol. The fraction of sp³-hybridized carbons (Fsp3) is 0.178. The third-order valence-corrected chi connectivity index (χ3v) is 9.17. The third-order valence-electron chi connectivity index (χ3n) is 9.17. The van der Waals surface area contributed by atoms with Crippen molar-refractivity contribution in [2.75, 3.05) is 53.0 Å². The van der Waals surface area contributed by atoms with E-state index in [0.29, 0.717) is 67.2 Å². The zero-order valence-corrected chi connectivity index (χ0v) is 34.3. The Balaban J connectivity index is 0.000000201. The molecule has 8 aromatic rings. The molecule has 4 aromatic heterocycles. The molecule has 0 saturated carbocycles. The minimum atomic E-state index is -0.616. The topological polar surface area (TPSA) is 160 Å². The van der Waals surface area contributed by atoms with E-state index in [1.807, 2.05) is 60.7 Å². The first-order valence-corrected chi connectivity index (χ1v) is 18.8. The number of pyridine rings is 1. The zero-order chi connectivity index (χ0) is 41.8. The first-order chi connectivity index (χ1) is 29.4. The molecule has 2 N–H and O–H groups in total. The summed E-state index contributed by atoms with van der Waals surface area (Å²) in [5.74, 6) is 3.81. The van der Waals surface area contributed by atoms with E-state index in [0.717, 1.165) is 44.3 Å². The molecule has 0 spiro atoms. The Kier molecular flexibility index (Phi) is 14.7. The Hall–Kier alpha value is -7.25. The van der Waals surface area contributed by atoms with Gasteiger partial charge in [-0.05, 0) is 60.2 Å². The van der Waals surface area contributed by atoms with E-state index < -0.39 is 11.7 Å². The smallest absolute Gasteiger partial charge is 0.253 e. The Bertz CT molecular complexity index is 2830. The van der Waals surface area contributed by atoms with E-state index in [1.165, 1.54) is 25.5 Å². The number of aromatic nitrogens is 7. The van der Waals surface area contributed by atoms with Crippen molar-refractivity contribution in [1.82, 2.24) is 39.9 Å². The van der Waals surface area contributed by atoms with Gasteiger partial charge in [0.1, 0.15) is 36.9 Å². The van der Waals surface area contributed by atoms with Crippen LogP contribution >= 0.6 is 12.4 Å². The van der Waals surface area contributed by atoms with Crippen LogP contribution in [0.1, 0.15) is 27.2 Å². The fourth-order valence-electron chi connectivity index (χ4n) is 6.19. The van der Waals surface area contributed by atoms with Crippen LogP contribution in [0.2, 0.25) is 0 Å². The first-order valence-electron chi connectivity index (χ1n) is 18.8. The molecule has 0 saturated heterocycles. The number of imidazole rings is 1. The summed E-state index contributed by atoms with van der Waals surface area (Å²) in [7, 11) is 4.71. The highest BCUT2D eigenvalue weighted by molar-refractivity contribution is 5.95. The van der Waals surface area contributed by atoms with E-state index in [1.54, 1.807) is 43.4 Å². The number of nitrogens with one attached hydrogen (secondary N) is 2. The minimum Gasteiger partial charge on any atom is -0.487 e. The van der Waals surface area contributed by atoms with E-state index in [9.17, 15) is 9.18 Å². The molecule has 61 heavy (non-hydrogen) atoms. The highest BCUT2D eigenvalue weighted by Gasteiger charge is 2.15. The molecule has 4 heterocycles. The molecule has 0 bridgehead atoms. The molecule has 310 valence electrons. The molecule has 0 atom stereocenters. The molecular formula is C45H41ClFN9O5. The van der Waals surface area contributed by atoms with Gasteiger partial charge in [-0.15, -0.1) is 18.8 Å². The van der Waals surface area contributed by atoms with Crippen LogP contribution in [0.5, 0.6) is 11.5 Å². The number of fused-ring (bicyclic) bond motifs is 3. The summed E-state index contributed by atoms with van der Waals surface area (Å²) in [6.07, 6.45) is 12.7. The Labute approximate surface area is 356 Å². The van der Waals surface area contributed by atoms with Crippen LogP contribution in [0.15, 0.2) is 110 Å². The van der Waals surface area contributed by atoms with Gasteiger partial charge in [0.05, 0.1) is 47.9 Å². The molecule has 0 aliphatic rings. The maximum absolute atomic E-state index is 14.4. The predicted octanol–water partition coefficient (Wildman–Crippen LogP) is 7.26. The van der Waals surface area contributed by atoms with Crippen molar-refractivity contribution >= 4 is 57.4 Å². The number of ether oxygens (including phenoxy) is 4. The average Bonchev–Trinajstić information content (AvgIpc) is 3.68. The number of nitrogens with zero attached hydrogens (tertiary/aromatic N) is 7. The van der Waals surface area contributed by atoms with Crippen LogP contribution < -0.4 is 20.1 Å². The maximum atomic E-state index is 14.4. The van der Waals surface area contributed by atoms with E-state index in [4.69, 9.17) is 25.4 Å². The number of amides is 1. The first kappa shape index (κ1) is 43.3. The summed E-state index contributed by atoms with van der Waals surface area (Å²) in [4.78, 5) is 33.5. The normalized spacial score (nSPS) is 10.7. The van der Waals surface area contributed by atoms with Gasteiger partial charge < -0.3 is 29.6 Å². The lowest BCUT2D eigenvalue weighted by Crippen LogP contribution is -2.19. The SMILES string of the molecule is C#Cc1cccc(Nc2ncnc3cc(OCCOC)c(OCCOC)cc23)c1.CNC(=O)c1ccc(-c2cnc3ncc(Cc4ccc5ncccc5c4)n3n2)cc1F.Cl. The maximum Gasteiger partial charge on any atom is 0.253 e. The lowest BCUT2D eigenvalue weighted by molar-refractivity contribution is 0.0959. The quantitative estimate of drug-likeness (QED) is 0.0835. The minimum absolute atomic E-state index is 0. The number of terminal acetylenes is 1. The van der Waals surface area contributed by atoms with Crippen molar-refractivity contribution < 1.29 is 28.1 Å². The lowest BCUT2D eigenvalue weighted by atomic mass is 10.1. The summed E-state index contributed by atoms with van der Waals surface area (Å²) >= 11 is 0. The van der Waals surface area contributed by atoms with Crippen molar-refractivity contribution in [2.45, 2.75) is 6.42 Å². The molecular weight excluding hydrogens is 801 g/mol. The number of hydrogen-bond acceptors (Lipinski definition) is 12. The van der Waals surface area contributed by atoms with E-state index in [-0.39, 0.29) is 18.0 Å². The second-order valence-corrected chi connectivity index (χ2v) is 13.2. The summed E-state index contributed by atoms with van der Waals surface area (Å²) in [6.45, 7) is 1.73. The zero-order valence-electron chi connectivity index (χ0n) is 33.5. The number of anilines is 2. The summed E-state index contributed by atoms with van der Waals surface area (Å²) < 4.78 is 37.9. The van der Waals surface area contributed by atoms with Gasteiger partial charge in [0.25, 0.3) is 11.7 Å². The Morgan fingerprint density at radius 2 is 1.61 bits per heavy atom. The number of methoxy groups -OCH3 is 2. The lowest BCUT2D eigenvalue weighted by Gasteiger charge is -2.15. The molecule has 8 rings (SSSR count). The number of rotatable bonds is 14. The average molecular weight is 842 g/mol. The van der Waals surface area contributed by atoms with Crippen molar-refractivity contribution in [3.8, 4) is 35.1 Å². The summed E-state index contributed by atoms with van der Waals surface area (Å²) in [6, 6.07) is 25.7. The van der Waals surface area contributed by atoms with E-state index in [2.05, 4.69) is 52.6 Å². The molecule has 0 fully saturated rings. The largest absolute Gasteiger partial charge is 0.487 e. The Morgan fingerprint density at radius 1 is 0.820 bits per heavy atom. The molecule has 1 amide bonds. The van der Waals surface area contributed by atoms with Crippen molar-refractivity contribution in [1.29, 1.82) is 0 Å². The van der Waals surface area contributed by atoms with Crippen LogP contribution in [-0.2, 0) is 15.9 Å². The van der Waals surface area contributed by atoms with Crippen LogP contribution in [0.4, 0.5) is 15.9 Å². The molecule has 0 unspecified atom stereocenters. The summed E-state index contributed by atoms with van der Waals surface area (Å²) in [5.41, 5.74) is 6.22. The number of carbonyl (C=O) groups excluding carboxylic acids is 1. The van der Waals surface area contributed by atoms with Gasteiger partial charge >= 0.3 is 0 Å². The molecule has 0 aliphatic heterocycles. The molecule has 0 radical (unpaired) electrons. The predicted molar refractivity (Wildman–Crippen MR) is 233 cm³/mol. The third kappa shape index (κ3) is 10.5. The standard InChI is InChI=1S/C23H17FN6O.C22H23N3O4.ClH/c1-25-22(31)18-6-5-16(11-19(18)24)21-13-28-23-27-12-17(30(23)29-21)10-14-4-7-20-15(9-14)3-2-8-26-20;1-4-16-6-5-7-17(12-16)25-22-18-13-20(28-10-8-26-2)21(29-11-9-27-3)14-19(18)23-15-24-22;/h2-9,11-13H,10H2,1H3,(H,25,31);1,5-7,12-15H,8-11H2,2-3H3,(H,23,24,25);1H. The second-order valence-electron chi connectivity index (χ2n) is 13.2. The fourth-order valence-corrected chi connectivity index (χ4v) is 6.19. The molecule has 16 heteroatoms. The van der Waals surface area contributed by atoms with Gasteiger partial charge in [-0.2, -0.15) is 5.10 Å². The van der Waals surface area contributed by atoms with Crippen LogP contribution in [0.25, 0.3) is 38.8 Å².